The Labute approximate surface area is 203 Å². The summed E-state index contributed by atoms with van der Waals surface area (Å²) in [6.45, 7) is 18.4. The fraction of sp³-hybridized carbons (Fsp3) is 0.433. The maximum absolute atomic E-state index is 4.48. The smallest absolute Gasteiger partial charge is 0.0938 e. The average Bonchev–Trinajstić information content (AvgIpc) is 3.71. The van der Waals surface area contributed by atoms with Crippen LogP contribution in [-0.2, 0) is 0 Å². The molecule has 2 atom stereocenters. The predicted molar refractivity (Wildman–Crippen MR) is 148 cm³/mol. The minimum absolute atomic E-state index is 0.0144. The molecule has 0 amide bonds. The Morgan fingerprint density at radius 1 is 1.09 bits per heavy atom. The van der Waals surface area contributed by atoms with Gasteiger partial charge in [0.15, 0.2) is 0 Å². The Morgan fingerprint density at radius 2 is 1.70 bits per heavy atom. The number of benzene rings is 1. The molecular weight excluding hydrogens is 402 g/mol. The second-order valence-corrected chi connectivity index (χ2v) is 8.00. The first-order valence-corrected chi connectivity index (χ1v) is 12.4. The van der Waals surface area contributed by atoms with Crippen molar-refractivity contribution in [3.05, 3.63) is 95.9 Å². The second kappa shape index (κ2) is 14.4. The molecule has 2 aliphatic carbocycles. The first kappa shape index (κ1) is 28.2. The maximum Gasteiger partial charge on any atom is 0.0938 e. The van der Waals surface area contributed by atoms with Gasteiger partial charge in [0.05, 0.1) is 17.6 Å². The molecule has 1 fully saturated rings. The molecule has 3 nitrogen and oxygen atoms in total. The van der Waals surface area contributed by atoms with Gasteiger partial charge in [0.25, 0.3) is 0 Å². The Bertz CT molecular complexity index is 878. The Balaban J connectivity index is 0.00000129. The highest BCUT2D eigenvalue weighted by molar-refractivity contribution is 6.12. The summed E-state index contributed by atoms with van der Waals surface area (Å²) in [7, 11) is 5.85. The summed E-state index contributed by atoms with van der Waals surface area (Å²) < 4.78 is 0. The van der Waals surface area contributed by atoms with Crippen LogP contribution < -0.4 is 5.32 Å². The predicted octanol–water partition coefficient (Wildman–Crippen LogP) is 7.39. The molecular formula is C30H45N3. The van der Waals surface area contributed by atoms with Gasteiger partial charge in [-0.05, 0) is 54.0 Å². The SMILES string of the molecule is C=C[C@H](c1ccc(C2CC2)cc1)C(NC(=C)N(C)C)C1=CC(=NC)/C(=C\C)C=C1.CC.CC. The lowest BCUT2D eigenvalue weighted by molar-refractivity contribution is 0.431. The van der Waals surface area contributed by atoms with Crippen molar-refractivity contribution in [3.63, 3.8) is 0 Å². The second-order valence-electron chi connectivity index (χ2n) is 8.00. The highest BCUT2D eigenvalue weighted by Gasteiger charge is 2.27. The van der Waals surface area contributed by atoms with Gasteiger partial charge in [-0.2, -0.15) is 0 Å². The van der Waals surface area contributed by atoms with Gasteiger partial charge in [0, 0.05) is 27.1 Å². The van der Waals surface area contributed by atoms with E-state index in [0.29, 0.717) is 0 Å². The van der Waals surface area contributed by atoms with Crippen LogP contribution in [0.1, 0.15) is 70.4 Å². The molecule has 0 aromatic heterocycles. The average molecular weight is 448 g/mol. The Kier molecular flexibility index (Phi) is 12.3. The van der Waals surface area contributed by atoms with Gasteiger partial charge < -0.3 is 10.2 Å². The third kappa shape index (κ3) is 7.63. The maximum atomic E-state index is 4.48. The van der Waals surface area contributed by atoms with Crippen LogP contribution in [0.3, 0.4) is 0 Å². The fourth-order valence-corrected chi connectivity index (χ4v) is 3.75. The number of nitrogens with zero attached hydrogens (tertiary/aromatic N) is 2. The van der Waals surface area contributed by atoms with Gasteiger partial charge in [0.2, 0.25) is 0 Å². The number of hydrogen-bond donors (Lipinski definition) is 1. The van der Waals surface area contributed by atoms with Gasteiger partial charge in [-0.15, -0.1) is 6.58 Å². The van der Waals surface area contributed by atoms with Crippen molar-refractivity contribution in [2.75, 3.05) is 21.1 Å². The van der Waals surface area contributed by atoms with Crippen LogP contribution in [0.25, 0.3) is 0 Å². The molecule has 1 N–H and O–H groups in total. The van der Waals surface area contributed by atoms with E-state index >= 15 is 0 Å². The van der Waals surface area contributed by atoms with Crippen LogP contribution in [0, 0.1) is 0 Å². The summed E-state index contributed by atoms with van der Waals surface area (Å²) in [5.74, 6) is 1.75. The quantitative estimate of drug-likeness (QED) is 0.421. The van der Waals surface area contributed by atoms with E-state index in [1.165, 1.54) is 29.5 Å². The van der Waals surface area contributed by atoms with E-state index in [4.69, 9.17) is 0 Å². The summed E-state index contributed by atoms with van der Waals surface area (Å²) >= 11 is 0. The first-order chi connectivity index (χ1) is 16.0. The third-order valence-electron chi connectivity index (χ3n) is 5.81. The summed E-state index contributed by atoms with van der Waals surface area (Å²) in [6, 6.07) is 9.09. The number of hydrogen-bond acceptors (Lipinski definition) is 3. The van der Waals surface area contributed by atoms with Crippen molar-refractivity contribution in [3.8, 4) is 0 Å². The molecule has 0 aliphatic heterocycles. The van der Waals surface area contributed by atoms with Crippen LogP contribution in [0.15, 0.2) is 89.8 Å². The van der Waals surface area contributed by atoms with Crippen molar-refractivity contribution in [1.82, 2.24) is 10.2 Å². The first-order valence-electron chi connectivity index (χ1n) is 12.4. The molecule has 3 heteroatoms. The van der Waals surface area contributed by atoms with E-state index in [9.17, 15) is 0 Å². The lowest BCUT2D eigenvalue weighted by Crippen LogP contribution is -2.39. The molecule has 0 radical (unpaired) electrons. The third-order valence-corrected chi connectivity index (χ3v) is 5.81. The van der Waals surface area contributed by atoms with Crippen molar-refractivity contribution < 1.29 is 0 Å². The van der Waals surface area contributed by atoms with E-state index in [-0.39, 0.29) is 12.0 Å². The van der Waals surface area contributed by atoms with Gasteiger partial charge in [-0.25, -0.2) is 0 Å². The number of allylic oxidation sites excluding steroid dienone is 4. The number of rotatable bonds is 8. The van der Waals surface area contributed by atoms with Crippen LogP contribution in [0.2, 0.25) is 0 Å². The minimum atomic E-state index is 0.0144. The molecule has 180 valence electrons. The minimum Gasteiger partial charge on any atom is -0.365 e. The van der Waals surface area contributed by atoms with Crippen LogP contribution >= 0.6 is 0 Å². The zero-order chi connectivity index (χ0) is 25.0. The summed E-state index contributed by atoms with van der Waals surface area (Å²) in [5, 5.41) is 3.63. The molecule has 33 heavy (non-hydrogen) atoms. The van der Waals surface area contributed by atoms with E-state index in [1.54, 1.807) is 0 Å². The van der Waals surface area contributed by atoms with Gasteiger partial charge >= 0.3 is 0 Å². The lowest BCUT2D eigenvalue weighted by atomic mass is 9.83. The van der Waals surface area contributed by atoms with Crippen molar-refractivity contribution in [1.29, 1.82) is 0 Å². The lowest BCUT2D eigenvalue weighted by Gasteiger charge is -2.32. The van der Waals surface area contributed by atoms with Gasteiger partial charge in [0.1, 0.15) is 0 Å². The number of aliphatic imine (C=N–C) groups is 1. The molecule has 0 heterocycles. The van der Waals surface area contributed by atoms with Crippen molar-refractivity contribution in [2.45, 2.75) is 65.3 Å². The zero-order valence-electron chi connectivity index (χ0n) is 22.2. The van der Waals surface area contributed by atoms with E-state index in [2.05, 4.69) is 72.0 Å². The molecule has 1 aromatic carbocycles. The van der Waals surface area contributed by atoms with Crippen molar-refractivity contribution in [2.24, 2.45) is 4.99 Å². The van der Waals surface area contributed by atoms with Crippen LogP contribution in [0.4, 0.5) is 0 Å². The van der Waals surface area contributed by atoms with Crippen LogP contribution in [-0.4, -0.2) is 37.8 Å². The normalized spacial score (nSPS) is 18.7. The Hall–Kier alpha value is -2.81. The monoisotopic (exact) mass is 447 g/mol. The highest BCUT2D eigenvalue weighted by Crippen LogP contribution is 2.40. The molecule has 1 unspecified atom stereocenters. The molecule has 2 aliphatic rings. The summed E-state index contributed by atoms with van der Waals surface area (Å²) in [5.41, 5.74) is 6.03. The summed E-state index contributed by atoms with van der Waals surface area (Å²) in [4.78, 5) is 6.48. The van der Waals surface area contributed by atoms with Crippen molar-refractivity contribution >= 4 is 5.71 Å². The number of nitrogens with one attached hydrogen (secondary N) is 1. The zero-order valence-corrected chi connectivity index (χ0v) is 22.2. The molecule has 0 spiro atoms. The topological polar surface area (TPSA) is 27.6 Å². The molecule has 0 saturated heterocycles. The standard InChI is InChI=1S/C26H33N3.2C2H6/c1-7-19-9-16-23(17-25(19)27-4)26(28-18(3)29(5)6)24(8-2)22-14-12-21(13-15-22)20-10-11-20;2*1-2/h7-9,12-17,20,24,26,28H,2-3,10-11H2,1,4-6H3;2*1-2H3/b19-7-,27-25?;;/t24-,26?;;/m1../s1. The fourth-order valence-electron chi connectivity index (χ4n) is 3.75. The van der Waals surface area contributed by atoms with Crippen LogP contribution in [0.5, 0.6) is 0 Å². The molecule has 1 saturated carbocycles. The molecule has 3 rings (SSSR count). The summed E-state index contributed by atoms with van der Waals surface area (Å²) in [6.07, 6.45) is 13.3. The molecule has 1 aromatic rings. The molecule has 0 bridgehead atoms. The van der Waals surface area contributed by atoms with E-state index in [0.717, 1.165) is 23.0 Å². The van der Waals surface area contributed by atoms with Gasteiger partial charge in [-0.1, -0.05) is 82.8 Å². The van der Waals surface area contributed by atoms with E-state index < -0.39 is 0 Å². The van der Waals surface area contributed by atoms with E-state index in [1.807, 2.05) is 66.7 Å². The largest absolute Gasteiger partial charge is 0.365 e. The Morgan fingerprint density at radius 3 is 2.15 bits per heavy atom. The van der Waals surface area contributed by atoms with Gasteiger partial charge in [-0.3, -0.25) is 4.99 Å². The highest BCUT2D eigenvalue weighted by atomic mass is 15.2.